The lowest BCUT2D eigenvalue weighted by Gasteiger charge is -2.26. The quantitative estimate of drug-likeness (QED) is 0.133. The van der Waals surface area contributed by atoms with Gasteiger partial charge in [0.25, 0.3) is 5.56 Å². The fourth-order valence-electron chi connectivity index (χ4n) is 4.55. The second kappa shape index (κ2) is 12.6. The van der Waals surface area contributed by atoms with Gasteiger partial charge in [0.1, 0.15) is 5.75 Å². The molecule has 0 aliphatic carbocycles. The second-order valence-electron chi connectivity index (χ2n) is 8.72. The minimum atomic E-state index is -0.695. The van der Waals surface area contributed by atoms with E-state index in [1.807, 2.05) is 79.1 Å². The molecule has 5 rings (SSSR count). The molecule has 0 spiro atoms. The van der Waals surface area contributed by atoms with E-state index in [9.17, 15) is 9.59 Å². The molecule has 0 N–H and O–H groups in total. The van der Waals surface area contributed by atoms with Crippen LogP contribution >= 0.6 is 68.3 Å². The molecule has 40 heavy (non-hydrogen) atoms. The number of ether oxygens (including phenoxy) is 2. The summed E-state index contributed by atoms with van der Waals surface area (Å²) >= 11 is 7.41. The SMILES string of the molecule is CCOC(=O)C1=C(c2ccccc2)N=c2s/c(=C\c3cc(I)c(OC)c(I)c3)c(=O)n2[C@@H]1c1ccc(SC)cc1. The van der Waals surface area contributed by atoms with Crippen LogP contribution in [0.25, 0.3) is 11.8 Å². The van der Waals surface area contributed by atoms with Crippen LogP contribution in [-0.2, 0) is 9.53 Å². The fourth-order valence-corrected chi connectivity index (χ4v) is 8.22. The number of nitrogens with zero attached hydrogens (tertiary/aromatic N) is 2. The Morgan fingerprint density at radius 1 is 1.10 bits per heavy atom. The third-order valence-corrected chi connectivity index (χ3v) is 9.66. The van der Waals surface area contributed by atoms with E-state index in [1.54, 1.807) is 30.4 Å². The summed E-state index contributed by atoms with van der Waals surface area (Å²) in [5.74, 6) is 0.317. The van der Waals surface area contributed by atoms with Crippen molar-refractivity contribution in [2.24, 2.45) is 4.99 Å². The summed E-state index contributed by atoms with van der Waals surface area (Å²) in [6.45, 7) is 1.98. The molecule has 1 aliphatic rings. The van der Waals surface area contributed by atoms with Crippen molar-refractivity contribution in [3.8, 4) is 5.75 Å². The molecule has 0 radical (unpaired) electrons. The van der Waals surface area contributed by atoms with Crippen molar-refractivity contribution in [3.63, 3.8) is 0 Å². The number of thioether (sulfide) groups is 1. The highest BCUT2D eigenvalue weighted by Gasteiger charge is 2.35. The van der Waals surface area contributed by atoms with Gasteiger partial charge in [-0.3, -0.25) is 9.36 Å². The maximum Gasteiger partial charge on any atom is 0.338 e. The lowest BCUT2D eigenvalue weighted by molar-refractivity contribution is -0.138. The van der Waals surface area contributed by atoms with Crippen molar-refractivity contribution in [2.45, 2.75) is 17.9 Å². The van der Waals surface area contributed by atoms with Crippen molar-refractivity contribution in [1.82, 2.24) is 4.57 Å². The summed E-state index contributed by atoms with van der Waals surface area (Å²) < 4.78 is 15.1. The minimum absolute atomic E-state index is 0.210. The molecule has 1 aliphatic heterocycles. The van der Waals surface area contributed by atoms with Crippen LogP contribution < -0.4 is 19.6 Å². The highest BCUT2D eigenvalue weighted by molar-refractivity contribution is 14.1. The fraction of sp³-hybridized carbons (Fsp3) is 0.167. The Balaban J connectivity index is 1.80. The van der Waals surface area contributed by atoms with Crippen LogP contribution in [0.15, 0.2) is 87.0 Å². The summed E-state index contributed by atoms with van der Waals surface area (Å²) in [6.07, 6.45) is 3.88. The molecule has 3 aromatic carbocycles. The third kappa shape index (κ3) is 5.68. The number of thiazole rings is 1. The van der Waals surface area contributed by atoms with Crippen LogP contribution in [0.4, 0.5) is 0 Å². The first-order valence-corrected chi connectivity index (χ1v) is 16.5. The number of hydrogen-bond donors (Lipinski definition) is 0. The van der Waals surface area contributed by atoms with Gasteiger partial charge in [-0.05, 0) is 99.8 Å². The molecule has 0 saturated heterocycles. The minimum Gasteiger partial charge on any atom is -0.495 e. The van der Waals surface area contributed by atoms with Crippen molar-refractivity contribution in [3.05, 3.63) is 116 Å². The number of rotatable bonds is 7. The predicted molar refractivity (Wildman–Crippen MR) is 178 cm³/mol. The Hall–Kier alpha value is -2.42. The molecule has 1 atom stereocenters. The highest BCUT2D eigenvalue weighted by atomic mass is 127. The molecule has 10 heteroatoms. The number of benzene rings is 3. The number of halogens is 2. The van der Waals surface area contributed by atoms with Gasteiger partial charge in [0.05, 0.1) is 42.7 Å². The van der Waals surface area contributed by atoms with E-state index in [2.05, 4.69) is 45.2 Å². The summed E-state index contributed by atoms with van der Waals surface area (Å²) in [4.78, 5) is 34.2. The molecule has 0 bridgehead atoms. The number of esters is 1. The Morgan fingerprint density at radius 2 is 1.77 bits per heavy atom. The highest BCUT2D eigenvalue weighted by Crippen LogP contribution is 2.36. The molecule has 0 unspecified atom stereocenters. The Bertz CT molecular complexity index is 1770. The lowest BCUT2D eigenvalue weighted by Crippen LogP contribution is -2.40. The van der Waals surface area contributed by atoms with Gasteiger partial charge in [-0.15, -0.1) is 11.8 Å². The van der Waals surface area contributed by atoms with E-state index < -0.39 is 12.0 Å². The first kappa shape index (κ1) is 29.1. The average molecular weight is 794 g/mol. The predicted octanol–water partition coefficient (Wildman–Crippen LogP) is 5.88. The van der Waals surface area contributed by atoms with E-state index in [-0.39, 0.29) is 12.2 Å². The van der Waals surface area contributed by atoms with Gasteiger partial charge in [-0.1, -0.05) is 53.8 Å². The standard InChI is InChI=1S/C30H24I2N2O4S2/c1-4-38-29(36)24-25(18-8-6-5-7-9-18)33-30-34(26(24)19-10-12-20(39-3)13-11-19)28(35)23(40-30)16-17-14-21(31)27(37-2)22(32)15-17/h5-16,26H,4H2,1-3H3/b23-16-/t26-/m1/s1. The van der Waals surface area contributed by atoms with E-state index >= 15 is 0 Å². The van der Waals surface area contributed by atoms with Gasteiger partial charge >= 0.3 is 5.97 Å². The molecule has 0 saturated carbocycles. The van der Waals surface area contributed by atoms with Crippen molar-refractivity contribution in [1.29, 1.82) is 0 Å². The summed E-state index contributed by atoms with van der Waals surface area (Å²) in [5, 5.41) is 0. The molecule has 1 aromatic heterocycles. The normalized spacial score (nSPS) is 15.0. The Labute approximate surface area is 267 Å². The zero-order valence-corrected chi connectivity index (χ0v) is 27.8. The Kier molecular flexibility index (Phi) is 9.18. The van der Waals surface area contributed by atoms with Gasteiger partial charge in [0, 0.05) is 10.5 Å². The topological polar surface area (TPSA) is 69.9 Å². The average Bonchev–Trinajstić information content (AvgIpc) is 3.27. The maximum absolute atomic E-state index is 14.1. The first-order valence-electron chi connectivity index (χ1n) is 12.3. The zero-order chi connectivity index (χ0) is 28.4. The Morgan fingerprint density at radius 3 is 2.38 bits per heavy atom. The van der Waals surface area contributed by atoms with Gasteiger partial charge in [-0.2, -0.15) is 0 Å². The lowest BCUT2D eigenvalue weighted by atomic mass is 9.93. The van der Waals surface area contributed by atoms with Crippen LogP contribution in [0.2, 0.25) is 0 Å². The van der Waals surface area contributed by atoms with Gasteiger partial charge in [-0.25, -0.2) is 9.79 Å². The van der Waals surface area contributed by atoms with Crippen LogP contribution in [0.1, 0.15) is 29.7 Å². The number of hydrogen-bond acceptors (Lipinski definition) is 7. The summed E-state index contributed by atoms with van der Waals surface area (Å²) in [7, 11) is 1.65. The molecule has 204 valence electrons. The van der Waals surface area contributed by atoms with Gasteiger partial charge < -0.3 is 9.47 Å². The molecule has 0 fully saturated rings. The largest absolute Gasteiger partial charge is 0.495 e. The summed E-state index contributed by atoms with van der Waals surface area (Å²) in [6, 6.07) is 20.8. The van der Waals surface area contributed by atoms with Crippen LogP contribution in [-0.4, -0.2) is 30.5 Å². The van der Waals surface area contributed by atoms with Crippen LogP contribution in [0.3, 0.4) is 0 Å². The van der Waals surface area contributed by atoms with E-state index in [1.165, 1.54) is 11.3 Å². The van der Waals surface area contributed by atoms with E-state index in [4.69, 9.17) is 14.5 Å². The van der Waals surface area contributed by atoms with Gasteiger partial charge in [0.15, 0.2) is 4.80 Å². The van der Waals surface area contributed by atoms with Crippen molar-refractivity contribution >= 4 is 86.0 Å². The van der Waals surface area contributed by atoms with Crippen LogP contribution in [0, 0.1) is 7.14 Å². The second-order valence-corrected chi connectivity index (χ2v) is 12.9. The maximum atomic E-state index is 14.1. The molecular formula is C30H24I2N2O4S2. The van der Waals surface area contributed by atoms with Crippen molar-refractivity contribution < 1.29 is 14.3 Å². The number of carbonyl (C=O) groups excluding carboxylic acids is 1. The zero-order valence-electron chi connectivity index (χ0n) is 21.8. The smallest absolute Gasteiger partial charge is 0.338 e. The number of fused-ring (bicyclic) bond motifs is 1. The van der Waals surface area contributed by atoms with Crippen molar-refractivity contribution in [2.75, 3.05) is 20.0 Å². The number of methoxy groups -OCH3 is 1. The molecular weight excluding hydrogens is 770 g/mol. The van der Waals surface area contributed by atoms with Crippen LogP contribution in [0.5, 0.6) is 5.75 Å². The molecule has 2 heterocycles. The molecule has 0 amide bonds. The molecule has 6 nitrogen and oxygen atoms in total. The first-order chi connectivity index (χ1) is 19.4. The monoisotopic (exact) mass is 794 g/mol. The molecule has 4 aromatic rings. The summed E-state index contributed by atoms with van der Waals surface area (Å²) in [5.41, 5.74) is 3.13. The van der Waals surface area contributed by atoms with E-state index in [0.29, 0.717) is 20.6 Å². The third-order valence-electron chi connectivity index (χ3n) is 6.33. The van der Waals surface area contributed by atoms with Gasteiger partial charge in [0.2, 0.25) is 0 Å². The van der Waals surface area contributed by atoms with E-state index in [0.717, 1.165) is 34.5 Å². The number of carbonyl (C=O) groups is 1. The number of aromatic nitrogens is 1.